The van der Waals surface area contributed by atoms with E-state index >= 15 is 0 Å². The number of nitrogens with one attached hydrogen (secondary N) is 2. The van der Waals surface area contributed by atoms with Gasteiger partial charge in [0.05, 0.1) is 18.7 Å². The maximum atomic E-state index is 13.0. The quantitative estimate of drug-likeness (QED) is 0.331. The van der Waals surface area contributed by atoms with Crippen molar-refractivity contribution in [2.24, 2.45) is 4.99 Å². The molecule has 1 aliphatic carbocycles. The Kier molecular flexibility index (Phi) is 9.86. The summed E-state index contributed by atoms with van der Waals surface area (Å²) in [6.07, 6.45) is -0.0975. The van der Waals surface area contributed by atoms with E-state index in [0.717, 1.165) is 25.0 Å². The lowest BCUT2D eigenvalue weighted by Gasteiger charge is -2.35. The Bertz CT molecular complexity index is 754. The standard InChI is InChI=1S/C21H29F3N4O2.HI/c1-25-20(26-10-9-19(29)27-17-7-2-3-8-17)28-11-12-30-18(14-28)15-5-4-6-16(13-15)21(22,23)24;/h4-6,13,17-18H,2-3,7-12,14H2,1H3,(H,25,26)(H,27,29);1H. The van der Waals surface area contributed by atoms with Crippen LogP contribution in [0.3, 0.4) is 0 Å². The molecule has 1 saturated heterocycles. The summed E-state index contributed by atoms with van der Waals surface area (Å²) >= 11 is 0. The van der Waals surface area contributed by atoms with Crippen LogP contribution in [-0.4, -0.2) is 56.1 Å². The fourth-order valence-corrected chi connectivity index (χ4v) is 3.95. The largest absolute Gasteiger partial charge is 0.416 e. The van der Waals surface area contributed by atoms with E-state index in [1.807, 2.05) is 4.90 Å². The first-order valence-electron chi connectivity index (χ1n) is 10.4. The minimum Gasteiger partial charge on any atom is -0.370 e. The number of rotatable bonds is 5. The van der Waals surface area contributed by atoms with Crippen LogP contribution in [-0.2, 0) is 15.7 Å². The summed E-state index contributed by atoms with van der Waals surface area (Å²) in [6.45, 7) is 1.78. The van der Waals surface area contributed by atoms with Gasteiger partial charge in [0.2, 0.25) is 5.91 Å². The van der Waals surface area contributed by atoms with Gasteiger partial charge in [-0.05, 0) is 30.5 Å². The number of ether oxygens (including phenoxy) is 1. The molecule has 0 spiro atoms. The Morgan fingerprint density at radius 1 is 1.29 bits per heavy atom. The van der Waals surface area contributed by atoms with E-state index in [-0.39, 0.29) is 29.9 Å². The van der Waals surface area contributed by atoms with Crippen LogP contribution in [0.4, 0.5) is 13.2 Å². The second-order valence-electron chi connectivity index (χ2n) is 7.70. The van der Waals surface area contributed by atoms with Gasteiger partial charge < -0.3 is 20.3 Å². The third kappa shape index (κ3) is 7.51. The third-order valence-corrected chi connectivity index (χ3v) is 5.52. The maximum absolute atomic E-state index is 13.0. The van der Waals surface area contributed by atoms with E-state index in [1.54, 1.807) is 13.1 Å². The lowest BCUT2D eigenvalue weighted by Crippen LogP contribution is -2.48. The van der Waals surface area contributed by atoms with Gasteiger partial charge in [0.1, 0.15) is 6.10 Å². The van der Waals surface area contributed by atoms with Gasteiger partial charge in [0.25, 0.3) is 0 Å². The summed E-state index contributed by atoms with van der Waals surface area (Å²) in [5.41, 5.74) is -0.197. The Morgan fingerprint density at radius 3 is 2.71 bits per heavy atom. The van der Waals surface area contributed by atoms with Gasteiger partial charge in [-0.2, -0.15) is 13.2 Å². The predicted octanol–water partition coefficient (Wildman–Crippen LogP) is 3.72. The third-order valence-electron chi connectivity index (χ3n) is 5.52. The number of guanidine groups is 1. The first-order valence-corrected chi connectivity index (χ1v) is 10.4. The van der Waals surface area contributed by atoms with Gasteiger partial charge in [-0.3, -0.25) is 9.79 Å². The average molecular weight is 554 g/mol. The van der Waals surface area contributed by atoms with Gasteiger partial charge in [-0.1, -0.05) is 25.0 Å². The van der Waals surface area contributed by atoms with E-state index in [1.165, 1.54) is 18.9 Å². The molecule has 3 rings (SSSR count). The Balaban J connectivity index is 0.00000341. The minimum absolute atomic E-state index is 0. The molecular weight excluding hydrogens is 524 g/mol. The first-order chi connectivity index (χ1) is 14.4. The number of carbonyl (C=O) groups excluding carboxylic acids is 1. The fraction of sp³-hybridized carbons (Fsp3) is 0.619. The molecule has 2 fully saturated rings. The van der Waals surface area contributed by atoms with E-state index < -0.39 is 17.8 Å². The minimum atomic E-state index is -4.39. The zero-order valence-electron chi connectivity index (χ0n) is 17.6. The molecule has 0 bridgehead atoms. The predicted molar refractivity (Wildman–Crippen MR) is 124 cm³/mol. The Labute approximate surface area is 198 Å². The summed E-state index contributed by atoms with van der Waals surface area (Å²) in [6, 6.07) is 5.53. The van der Waals surface area contributed by atoms with Crippen LogP contribution in [0.15, 0.2) is 29.3 Å². The van der Waals surface area contributed by atoms with Crippen LogP contribution in [0.25, 0.3) is 0 Å². The number of hydrogen-bond acceptors (Lipinski definition) is 3. The molecule has 2 aliphatic rings. The molecule has 1 atom stereocenters. The van der Waals surface area contributed by atoms with Crippen molar-refractivity contribution in [2.45, 2.75) is 50.4 Å². The normalized spacial score (nSPS) is 20.3. The van der Waals surface area contributed by atoms with Crippen molar-refractivity contribution in [3.63, 3.8) is 0 Å². The summed E-state index contributed by atoms with van der Waals surface area (Å²) in [7, 11) is 1.65. The molecule has 2 N–H and O–H groups in total. The molecule has 1 amide bonds. The summed E-state index contributed by atoms with van der Waals surface area (Å²) in [5.74, 6) is 0.637. The Hall–Kier alpha value is -1.56. The van der Waals surface area contributed by atoms with E-state index in [2.05, 4.69) is 15.6 Å². The van der Waals surface area contributed by atoms with Crippen molar-refractivity contribution < 1.29 is 22.7 Å². The number of hydrogen-bond donors (Lipinski definition) is 2. The molecule has 1 unspecified atom stereocenters. The molecule has 174 valence electrons. The molecule has 0 radical (unpaired) electrons. The molecule has 1 aliphatic heterocycles. The summed E-state index contributed by atoms with van der Waals surface area (Å²) in [5, 5.41) is 6.23. The van der Waals surface area contributed by atoms with Gasteiger partial charge in [0, 0.05) is 32.6 Å². The van der Waals surface area contributed by atoms with Crippen molar-refractivity contribution >= 4 is 35.8 Å². The SMILES string of the molecule is CN=C(NCCC(=O)NC1CCCC1)N1CCOC(c2cccc(C(F)(F)F)c2)C1.I. The molecule has 1 saturated carbocycles. The van der Waals surface area contributed by atoms with Crippen LogP contribution in [0.2, 0.25) is 0 Å². The number of amides is 1. The number of benzene rings is 1. The monoisotopic (exact) mass is 554 g/mol. The number of carbonyl (C=O) groups is 1. The van der Waals surface area contributed by atoms with Gasteiger partial charge in [0.15, 0.2) is 5.96 Å². The molecule has 1 aromatic carbocycles. The molecule has 10 heteroatoms. The highest BCUT2D eigenvalue weighted by atomic mass is 127. The highest BCUT2D eigenvalue weighted by Gasteiger charge is 2.32. The molecule has 6 nitrogen and oxygen atoms in total. The first kappa shape index (κ1) is 25.7. The van der Waals surface area contributed by atoms with Crippen LogP contribution < -0.4 is 10.6 Å². The fourth-order valence-electron chi connectivity index (χ4n) is 3.95. The van der Waals surface area contributed by atoms with Gasteiger partial charge in [-0.25, -0.2) is 0 Å². The zero-order valence-corrected chi connectivity index (χ0v) is 19.9. The molecule has 31 heavy (non-hydrogen) atoms. The van der Waals surface area contributed by atoms with E-state index in [0.29, 0.717) is 50.2 Å². The lowest BCUT2D eigenvalue weighted by atomic mass is 10.0. The second-order valence-corrected chi connectivity index (χ2v) is 7.70. The van der Waals surface area contributed by atoms with Crippen molar-refractivity contribution in [2.75, 3.05) is 33.3 Å². The second kappa shape index (κ2) is 11.9. The average Bonchev–Trinajstić information content (AvgIpc) is 3.24. The molecule has 1 heterocycles. The van der Waals surface area contributed by atoms with Crippen LogP contribution in [0, 0.1) is 0 Å². The van der Waals surface area contributed by atoms with Crippen molar-refractivity contribution in [3.8, 4) is 0 Å². The highest BCUT2D eigenvalue weighted by molar-refractivity contribution is 14.0. The van der Waals surface area contributed by atoms with Gasteiger partial charge >= 0.3 is 6.18 Å². The van der Waals surface area contributed by atoms with E-state index in [4.69, 9.17) is 4.74 Å². The topological polar surface area (TPSA) is 66.0 Å². The zero-order chi connectivity index (χ0) is 21.6. The van der Waals surface area contributed by atoms with Crippen LogP contribution in [0.1, 0.15) is 49.3 Å². The number of aliphatic imine (C=N–C) groups is 1. The Morgan fingerprint density at radius 2 is 2.03 bits per heavy atom. The number of nitrogens with zero attached hydrogens (tertiary/aromatic N) is 2. The summed E-state index contributed by atoms with van der Waals surface area (Å²) in [4.78, 5) is 18.3. The molecule has 0 aromatic heterocycles. The maximum Gasteiger partial charge on any atom is 0.416 e. The van der Waals surface area contributed by atoms with Gasteiger partial charge in [-0.15, -0.1) is 24.0 Å². The van der Waals surface area contributed by atoms with Crippen LogP contribution >= 0.6 is 24.0 Å². The smallest absolute Gasteiger partial charge is 0.370 e. The summed E-state index contributed by atoms with van der Waals surface area (Å²) < 4.78 is 44.8. The van der Waals surface area contributed by atoms with E-state index in [9.17, 15) is 18.0 Å². The lowest BCUT2D eigenvalue weighted by molar-refractivity contribution is -0.137. The van der Waals surface area contributed by atoms with Crippen molar-refractivity contribution in [1.29, 1.82) is 0 Å². The number of alkyl halides is 3. The van der Waals surface area contributed by atoms with Crippen molar-refractivity contribution in [1.82, 2.24) is 15.5 Å². The van der Waals surface area contributed by atoms with Crippen LogP contribution in [0.5, 0.6) is 0 Å². The molecule has 1 aromatic rings. The highest BCUT2D eigenvalue weighted by Crippen LogP contribution is 2.32. The number of morpholine rings is 1. The molecular formula is C21H30F3IN4O2. The van der Waals surface area contributed by atoms with Crippen molar-refractivity contribution in [3.05, 3.63) is 35.4 Å². The number of halogens is 4.